The number of carbonyl (C=O) groups is 1. The van der Waals surface area contributed by atoms with Crippen molar-refractivity contribution in [2.45, 2.75) is 25.0 Å². The van der Waals surface area contributed by atoms with Gasteiger partial charge in [0, 0.05) is 38.3 Å². The Morgan fingerprint density at radius 1 is 1.03 bits per heavy atom. The lowest BCUT2D eigenvalue weighted by Crippen LogP contribution is -2.53. The van der Waals surface area contributed by atoms with Crippen LogP contribution in [0.1, 0.15) is 29.2 Å². The van der Waals surface area contributed by atoms with Crippen LogP contribution in [-0.2, 0) is 11.2 Å². The first-order valence-corrected chi connectivity index (χ1v) is 10.8. The molecule has 0 aromatic heterocycles. The summed E-state index contributed by atoms with van der Waals surface area (Å²) in [5, 5.41) is 11.1. The molecule has 0 saturated carbocycles. The van der Waals surface area contributed by atoms with Gasteiger partial charge in [0.05, 0.1) is 20.3 Å². The van der Waals surface area contributed by atoms with Crippen LogP contribution in [0.2, 0.25) is 0 Å². The van der Waals surface area contributed by atoms with Crippen LogP contribution < -0.4 is 9.47 Å². The molecule has 1 heterocycles. The molecule has 2 aliphatic rings. The van der Waals surface area contributed by atoms with Crippen LogP contribution in [0.5, 0.6) is 11.5 Å². The molecule has 0 bridgehead atoms. The van der Waals surface area contributed by atoms with Gasteiger partial charge in [-0.15, -0.1) is 0 Å². The average Bonchev–Trinajstić information content (AvgIpc) is 2.83. The maximum Gasteiger partial charge on any atom is 0.246 e. The van der Waals surface area contributed by atoms with Gasteiger partial charge in [-0.05, 0) is 47.7 Å². The fourth-order valence-corrected chi connectivity index (χ4v) is 4.59. The van der Waals surface area contributed by atoms with Crippen LogP contribution in [0.4, 0.5) is 0 Å². The molecule has 0 spiro atoms. The second kappa shape index (κ2) is 9.54. The summed E-state index contributed by atoms with van der Waals surface area (Å²) in [4.78, 5) is 16.8. The molecule has 2 aromatic rings. The summed E-state index contributed by atoms with van der Waals surface area (Å²) in [5.41, 5.74) is 3.05. The first-order valence-electron chi connectivity index (χ1n) is 10.8. The van der Waals surface area contributed by atoms with Crippen molar-refractivity contribution in [1.82, 2.24) is 9.80 Å². The molecular weight excluding hydrogens is 392 g/mol. The monoisotopic (exact) mass is 422 g/mol. The molecule has 2 atom stereocenters. The van der Waals surface area contributed by atoms with E-state index >= 15 is 0 Å². The molecule has 6 nitrogen and oxygen atoms in total. The summed E-state index contributed by atoms with van der Waals surface area (Å²) in [6.07, 6.45) is 4.69. The first-order chi connectivity index (χ1) is 15.1. The van der Waals surface area contributed by atoms with Gasteiger partial charge in [-0.2, -0.15) is 0 Å². The van der Waals surface area contributed by atoms with Crippen molar-refractivity contribution in [3.05, 3.63) is 65.2 Å². The highest BCUT2D eigenvalue weighted by Gasteiger charge is 2.35. The molecule has 2 unspecified atom stereocenters. The van der Waals surface area contributed by atoms with Crippen molar-refractivity contribution < 1.29 is 19.4 Å². The lowest BCUT2D eigenvalue weighted by Gasteiger charge is -2.43. The molecule has 1 aliphatic carbocycles. The minimum atomic E-state index is -0.580. The quantitative estimate of drug-likeness (QED) is 0.751. The Hall–Kier alpha value is -2.83. The molecule has 1 fully saturated rings. The fraction of sp³-hybridized carbons (Fsp3) is 0.400. The number of benzene rings is 2. The van der Waals surface area contributed by atoms with Crippen molar-refractivity contribution in [3.63, 3.8) is 0 Å². The van der Waals surface area contributed by atoms with E-state index in [0.717, 1.165) is 42.6 Å². The number of nitrogens with zero attached hydrogens (tertiary/aromatic N) is 2. The molecule has 164 valence electrons. The number of hydrogen-bond donors (Lipinski definition) is 1. The predicted molar refractivity (Wildman–Crippen MR) is 120 cm³/mol. The highest BCUT2D eigenvalue weighted by Crippen LogP contribution is 2.39. The Morgan fingerprint density at radius 2 is 1.71 bits per heavy atom. The van der Waals surface area contributed by atoms with E-state index in [1.807, 2.05) is 53.4 Å². The number of fused-ring (bicyclic) bond motifs is 1. The zero-order valence-electron chi connectivity index (χ0n) is 18.2. The SMILES string of the molecule is COc1cc2c(cc1OC)C(O)C(N1CCN(C(=O)C=Cc3ccccc3)CC1)CC2. The summed E-state index contributed by atoms with van der Waals surface area (Å²) in [6.45, 7) is 2.85. The third-order valence-corrected chi connectivity index (χ3v) is 6.35. The standard InChI is InChI=1S/C25H30N2O4/c1-30-22-16-19-9-10-21(25(29)20(19)17-23(22)31-2)26-12-14-27(15-13-26)24(28)11-8-18-6-4-3-5-7-18/h3-8,11,16-17,21,25,29H,9-10,12-15H2,1-2H3. The van der Waals surface area contributed by atoms with Gasteiger partial charge >= 0.3 is 0 Å². The minimum Gasteiger partial charge on any atom is -0.493 e. The summed E-state index contributed by atoms with van der Waals surface area (Å²) in [7, 11) is 3.24. The van der Waals surface area contributed by atoms with E-state index in [4.69, 9.17) is 9.47 Å². The highest BCUT2D eigenvalue weighted by atomic mass is 16.5. The molecular formula is C25H30N2O4. The number of rotatable bonds is 5. The average molecular weight is 423 g/mol. The van der Waals surface area contributed by atoms with Crippen LogP contribution >= 0.6 is 0 Å². The number of aliphatic hydroxyl groups excluding tert-OH is 1. The topological polar surface area (TPSA) is 62.2 Å². The van der Waals surface area contributed by atoms with Crippen molar-refractivity contribution in [1.29, 1.82) is 0 Å². The number of piperazine rings is 1. The Labute approximate surface area is 183 Å². The van der Waals surface area contributed by atoms with Gasteiger partial charge < -0.3 is 19.5 Å². The molecule has 31 heavy (non-hydrogen) atoms. The molecule has 1 aliphatic heterocycles. The number of ether oxygens (including phenoxy) is 2. The first kappa shape index (κ1) is 21.4. The minimum absolute atomic E-state index is 0.0369. The second-order valence-electron chi connectivity index (χ2n) is 8.06. The normalized spacial score (nSPS) is 21.7. The van der Waals surface area contributed by atoms with Gasteiger partial charge in [-0.3, -0.25) is 9.69 Å². The van der Waals surface area contributed by atoms with E-state index in [2.05, 4.69) is 4.90 Å². The van der Waals surface area contributed by atoms with Gasteiger partial charge in [0.25, 0.3) is 0 Å². The van der Waals surface area contributed by atoms with Crippen molar-refractivity contribution in [2.75, 3.05) is 40.4 Å². The molecule has 6 heteroatoms. The highest BCUT2D eigenvalue weighted by molar-refractivity contribution is 5.91. The van der Waals surface area contributed by atoms with Crippen molar-refractivity contribution in [3.8, 4) is 11.5 Å². The molecule has 0 radical (unpaired) electrons. The molecule has 1 saturated heterocycles. The Morgan fingerprint density at radius 3 is 2.39 bits per heavy atom. The van der Waals surface area contributed by atoms with Crippen LogP contribution in [-0.4, -0.2) is 67.3 Å². The Bertz CT molecular complexity index is 936. The van der Waals surface area contributed by atoms with Gasteiger partial charge in [-0.1, -0.05) is 30.3 Å². The number of aliphatic hydroxyl groups is 1. The Kier molecular flexibility index (Phi) is 6.59. The smallest absolute Gasteiger partial charge is 0.246 e. The van der Waals surface area contributed by atoms with Crippen molar-refractivity contribution in [2.24, 2.45) is 0 Å². The maximum absolute atomic E-state index is 12.6. The van der Waals surface area contributed by atoms with Gasteiger partial charge in [-0.25, -0.2) is 0 Å². The summed E-state index contributed by atoms with van der Waals surface area (Å²) >= 11 is 0. The van der Waals surface area contributed by atoms with Gasteiger partial charge in [0.1, 0.15) is 0 Å². The van der Waals surface area contributed by atoms with Crippen LogP contribution in [0, 0.1) is 0 Å². The van der Waals surface area contributed by atoms with E-state index in [0.29, 0.717) is 24.6 Å². The number of aryl methyl sites for hydroxylation is 1. The fourth-order valence-electron chi connectivity index (χ4n) is 4.59. The van der Waals surface area contributed by atoms with Crippen molar-refractivity contribution >= 4 is 12.0 Å². The number of carbonyl (C=O) groups excluding carboxylic acids is 1. The lowest BCUT2D eigenvalue weighted by molar-refractivity contribution is -0.128. The second-order valence-corrected chi connectivity index (χ2v) is 8.06. The summed E-state index contributed by atoms with van der Waals surface area (Å²) in [5.74, 6) is 1.37. The van der Waals surface area contributed by atoms with Gasteiger partial charge in [0.15, 0.2) is 11.5 Å². The third kappa shape index (κ3) is 4.60. The van der Waals surface area contributed by atoms with Crippen LogP contribution in [0.15, 0.2) is 48.5 Å². The van der Waals surface area contributed by atoms with E-state index in [-0.39, 0.29) is 11.9 Å². The van der Waals surface area contributed by atoms with E-state index in [9.17, 15) is 9.90 Å². The number of methoxy groups -OCH3 is 2. The maximum atomic E-state index is 12.6. The summed E-state index contributed by atoms with van der Waals surface area (Å²) in [6, 6.07) is 13.8. The van der Waals surface area contributed by atoms with Crippen LogP contribution in [0.3, 0.4) is 0 Å². The van der Waals surface area contributed by atoms with E-state index in [1.165, 1.54) is 0 Å². The van der Waals surface area contributed by atoms with Gasteiger partial charge in [0.2, 0.25) is 5.91 Å². The Balaban J connectivity index is 1.38. The zero-order chi connectivity index (χ0) is 21.8. The molecule has 2 aromatic carbocycles. The molecule has 1 amide bonds. The number of amides is 1. The number of hydrogen-bond acceptors (Lipinski definition) is 5. The summed E-state index contributed by atoms with van der Waals surface area (Å²) < 4.78 is 10.8. The predicted octanol–water partition coefficient (Wildman–Crippen LogP) is 2.91. The zero-order valence-corrected chi connectivity index (χ0v) is 18.2. The molecule has 4 rings (SSSR count). The third-order valence-electron chi connectivity index (χ3n) is 6.35. The molecule has 1 N–H and O–H groups in total. The van der Waals surface area contributed by atoms with Crippen LogP contribution in [0.25, 0.3) is 6.08 Å². The lowest BCUT2D eigenvalue weighted by atomic mass is 9.84. The van der Waals surface area contributed by atoms with E-state index < -0.39 is 6.10 Å². The largest absolute Gasteiger partial charge is 0.493 e. The van der Waals surface area contributed by atoms with E-state index in [1.54, 1.807) is 20.3 Å².